The van der Waals surface area contributed by atoms with E-state index in [0.29, 0.717) is 61.2 Å². The number of piperidine rings is 1. The van der Waals surface area contributed by atoms with Crippen LogP contribution < -0.4 is 32.3 Å². The number of nitrogens with zero attached hydrogens (tertiary/aromatic N) is 1. The van der Waals surface area contributed by atoms with Gasteiger partial charge in [-0.05, 0) is 66.5 Å². The molecule has 1 saturated heterocycles. The number of benzene rings is 3. The zero-order valence-corrected chi connectivity index (χ0v) is 33.5. The molecule has 3 aromatic rings. The van der Waals surface area contributed by atoms with Crippen molar-refractivity contribution in [1.82, 2.24) is 31.5 Å². The monoisotopic (exact) mass is 809 g/mol. The van der Waals surface area contributed by atoms with E-state index in [9.17, 15) is 33.9 Å². The molecule has 0 unspecified atom stereocenters. The molecule has 0 saturated carbocycles. The minimum Gasteiger partial charge on any atom is -0.508 e. The van der Waals surface area contributed by atoms with Crippen LogP contribution in [0.4, 0.5) is 0 Å². The molecule has 1 fully saturated rings. The molecule has 314 valence electrons. The van der Waals surface area contributed by atoms with Crippen LogP contribution >= 0.6 is 0 Å². The molecule has 2 heterocycles. The Kier molecular flexibility index (Phi) is 16.1. The fourth-order valence-corrected chi connectivity index (χ4v) is 7.42. The van der Waals surface area contributed by atoms with Crippen LogP contribution in [-0.2, 0) is 59.3 Å². The Morgan fingerprint density at radius 2 is 1.69 bits per heavy atom. The smallest absolute Gasteiger partial charge is 0.246 e. The number of rotatable bonds is 10. The van der Waals surface area contributed by atoms with Gasteiger partial charge >= 0.3 is 0 Å². The largest absolute Gasteiger partial charge is 0.508 e. The van der Waals surface area contributed by atoms with Gasteiger partial charge in [0.2, 0.25) is 35.4 Å². The molecule has 6 amide bonds. The maximum atomic E-state index is 14.7. The molecule has 8 N–H and O–H groups in total. The fourth-order valence-electron chi connectivity index (χ4n) is 7.42. The third-order valence-electron chi connectivity index (χ3n) is 10.6. The highest BCUT2D eigenvalue weighted by molar-refractivity contribution is 5.97. The van der Waals surface area contributed by atoms with E-state index in [2.05, 4.69) is 26.6 Å². The van der Waals surface area contributed by atoms with Crippen LogP contribution in [-0.4, -0.2) is 103 Å². The van der Waals surface area contributed by atoms with Crippen molar-refractivity contribution >= 4 is 35.4 Å². The van der Waals surface area contributed by atoms with Crippen LogP contribution in [0.3, 0.4) is 0 Å². The van der Waals surface area contributed by atoms with Crippen molar-refractivity contribution in [2.24, 2.45) is 11.1 Å². The number of ether oxygens (including phenoxy) is 1. The first-order valence-electron chi connectivity index (χ1n) is 20.0. The van der Waals surface area contributed by atoms with E-state index in [1.54, 1.807) is 54.3 Å². The van der Waals surface area contributed by atoms with E-state index in [0.717, 1.165) is 17.7 Å². The normalized spacial score (nSPS) is 21.7. The summed E-state index contributed by atoms with van der Waals surface area (Å²) in [4.78, 5) is 83.7. The number of hydrogen-bond donors (Lipinski definition) is 7. The molecule has 2 aliphatic rings. The lowest BCUT2D eigenvalue weighted by molar-refractivity contribution is -0.141. The summed E-state index contributed by atoms with van der Waals surface area (Å²) in [6, 6.07) is 19.5. The molecule has 0 aliphatic carbocycles. The van der Waals surface area contributed by atoms with Crippen molar-refractivity contribution in [3.8, 4) is 5.75 Å². The predicted octanol–water partition coefficient (Wildman–Crippen LogP) is 1.09. The van der Waals surface area contributed by atoms with Crippen molar-refractivity contribution in [2.75, 3.05) is 45.9 Å². The first kappa shape index (κ1) is 44.1. The second-order valence-corrected chi connectivity index (χ2v) is 15.0. The molecule has 3 aromatic carbocycles. The highest BCUT2D eigenvalue weighted by Gasteiger charge is 2.44. The average Bonchev–Trinajstić information content (AvgIpc) is 3.23. The van der Waals surface area contributed by atoms with Gasteiger partial charge in [-0.3, -0.25) is 28.8 Å². The van der Waals surface area contributed by atoms with Gasteiger partial charge in [0.05, 0.1) is 25.0 Å². The van der Waals surface area contributed by atoms with Crippen LogP contribution in [0.1, 0.15) is 47.1 Å². The summed E-state index contributed by atoms with van der Waals surface area (Å²) >= 11 is 0. The van der Waals surface area contributed by atoms with Gasteiger partial charge in [-0.15, -0.1) is 0 Å². The van der Waals surface area contributed by atoms with Gasteiger partial charge in [0.15, 0.2) is 0 Å². The zero-order valence-electron chi connectivity index (χ0n) is 33.5. The first-order chi connectivity index (χ1) is 28.5. The lowest BCUT2D eigenvalue weighted by atomic mass is 9.74. The van der Waals surface area contributed by atoms with Gasteiger partial charge in [-0.1, -0.05) is 66.7 Å². The number of aryl methyl sites for hydroxylation is 1. The van der Waals surface area contributed by atoms with Crippen LogP contribution in [0, 0.1) is 12.3 Å². The van der Waals surface area contributed by atoms with Crippen molar-refractivity contribution < 1.29 is 38.6 Å². The fraction of sp³-hybridized carbons (Fsp3) is 0.409. The number of amides is 6. The quantitative estimate of drug-likeness (QED) is 0.146. The summed E-state index contributed by atoms with van der Waals surface area (Å²) in [6.45, 7) is 3.27. The van der Waals surface area contributed by atoms with Crippen LogP contribution in [0.15, 0.2) is 84.9 Å². The minimum absolute atomic E-state index is 0.0109. The standard InChI is InChI=1S/C44H55N7O8/c1-30-24-32(12-13-37(30)52)25-36-42(57)48-28-34-11-6-5-10-33(34)26-39(54)49-35(41(56)47-20-23-59-22-18-45)16-19-46-38(53)14-15-40(55)51-21-7-17-44(29-51,43(58)50-36)27-31-8-3-2-4-9-31/h2-6,8-15,24,35-36,52H,7,16-23,25-29,45H2,1H3,(H,46,53)(H,47,56)(H,48,57)(H,49,54)(H,50,58)/b15-14+/t35-,36-,44-/m0/s1. The van der Waals surface area contributed by atoms with Gasteiger partial charge in [-0.25, -0.2) is 0 Å². The topological polar surface area (TPSA) is 221 Å². The summed E-state index contributed by atoms with van der Waals surface area (Å²) in [5, 5.41) is 24.4. The Balaban J connectivity index is 1.46. The lowest BCUT2D eigenvalue weighted by Crippen LogP contribution is -2.58. The van der Waals surface area contributed by atoms with E-state index in [1.807, 2.05) is 30.3 Å². The van der Waals surface area contributed by atoms with E-state index < -0.39 is 52.9 Å². The molecule has 59 heavy (non-hydrogen) atoms. The Hall–Kier alpha value is -6.06. The number of nitrogens with two attached hydrogens (primary N) is 1. The molecule has 5 rings (SSSR count). The molecule has 3 atom stereocenters. The SMILES string of the molecule is Cc1cc(C[C@@H]2NC(=O)[C@]3(Cc4ccccc4)CCCN(C3)C(=O)/C=C/C(=O)NCC[C@@H](C(=O)NCCOCCN)NC(=O)Cc3ccccc3CNC2=O)ccc1O. The van der Waals surface area contributed by atoms with Gasteiger partial charge in [0, 0.05) is 57.8 Å². The molecule has 15 nitrogen and oxygen atoms in total. The Bertz CT molecular complexity index is 1990. The third kappa shape index (κ3) is 13.0. The van der Waals surface area contributed by atoms with Crippen LogP contribution in [0.25, 0.3) is 0 Å². The first-order valence-corrected chi connectivity index (χ1v) is 20.0. The van der Waals surface area contributed by atoms with Gasteiger partial charge in [0.25, 0.3) is 0 Å². The molecule has 15 heteroatoms. The van der Waals surface area contributed by atoms with Gasteiger partial charge in [0.1, 0.15) is 17.8 Å². The molecule has 0 radical (unpaired) electrons. The zero-order chi connectivity index (χ0) is 42.2. The number of carbonyl (C=O) groups is 6. The Morgan fingerprint density at radius 3 is 2.46 bits per heavy atom. The summed E-state index contributed by atoms with van der Waals surface area (Å²) in [6.07, 6.45) is 3.56. The molecular formula is C44H55N7O8. The van der Waals surface area contributed by atoms with E-state index in [1.165, 1.54) is 0 Å². The number of nitrogens with one attached hydrogen (secondary N) is 5. The number of aromatic hydroxyl groups is 1. The molecule has 2 aliphatic heterocycles. The van der Waals surface area contributed by atoms with Crippen molar-refractivity contribution in [1.29, 1.82) is 0 Å². The second kappa shape index (κ2) is 21.6. The number of fused-ring (bicyclic) bond motifs is 3. The third-order valence-corrected chi connectivity index (χ3v) is 10.6. The van der Waals surface area contributed by atoms with Crippen molar-refractivity contribution in [3.05, 3.63) is 113 Å². The number of phenolic OH excluding ortho intramolecular Hbond substituents is 1. The second-order valence-electron chi connectivity index (χ2n) is 15.0. The highest BCUT2D eigenvalue weighted by Crippen LogP contribution is 2.35. The predicted molar refractivity (Wildman–Crippen MR) is 220 cm³/mol. The molecule has 0 spiro atoms. The molecule has 0 aromatic heterocycles. The van der Waals surface area contributed by atoms with E-state index in [-0.39, 0.29) is 57.8 Å². The molecular weight excluding hydrogens is 755 g/mol. The maximum absolute atomic E-state index is 14.7. The maximum Gasteiger partial charge on any atom is 0.246 e. The summed E-state index contributed by atoms with van der Waals surface area (Å²) < 4.78 is 5.35. The average molecular weight is 810 g/mol. The van der Waals surface area contributed by atoms with Crippen LogP contribution in [0.2, 0.25) is 0 Å². The minimum atomic E-state index is -1.11. The van der Waals surface area contributed by atoms with Gasteiger partial charge in [-0.2, -0.15) is 0 Å². The summed E-state index contributed by atoms with van der Waals surface area (Å²) in [5.74, 6) is -2.71. The van der Waals surface area contributed by atoms with E-state index in [4.69, 9.17) is 10.5 Å². The van der Waals surface area contributed by atoms with Crippen molar-refractivity contribution in [2.45, 2.75) is 64.1 Å². The van der Waals surface area contributed by atoms with Gasteiger partial charge < -0.3 is 47.1 Å². The van der Waals surface area contributed by atoms with E-state index >= 15 is 0 Å². The Morgan fingerprint density at radius 1 is 0.932 bits per heavy atom. The lowest BCUT2D eigenvalue weighted by Gasteiger charge is -2.42. The summed E-state index contributed by atoms with van der Waals surface area (Å²) in [7, 11) is 0. The highest BCUT2D eigenvalue weighted by atomic mass is 16.5. The number of hydrogen-bond acceptors (Lipinski definition) is 9. The molecule has 2 bridgehead atoms. The Labute approximate surface area is 344 Å². The van der Waals surface area contributed by atoms with Crippen molar-refractivity contribution in [3.63, 3.8) is 0 Å². The van der Waals surface area contributed by atoms with Crippen LogP contribution in [0.5, 0.6) is 5.75 Å². The number of phenols is 1. The summed E-state index contributed by atoms with van der Waals surface area (Å²) in [5.41, 5.74) is 7.83. The number of carbonyl (C=O) groups excluding carboxylic acids is 6.